The lowest BCUT2D eigenvalue weighted by Gasteiger charge is -2.11. The minimum atomic E-state index is -0.553. The van der Waals surface area contributed by atoms with E-state index in [1.54, 1.807) is 10.6 Å². The number of allylic oxidation sites excluding steroid dienone is 2. The number of hydrogen-bond acceptors (Lipinski definition) is 3. The minimum absolute atomic E-state index is 0.0636. The Labute approximate surface area is 136 Å². The second-order valence-corrected chi connectivity index (χ2v) is 5.16. The summed E-state index contributed by atoms with van der Waals surface area (Å²) in [5.41, 5.74) is -0.0806. The van der Waals surface area contributed by atoms with Crippen LogP contribution in [0.5, 0.6) is 0 Å². The fourth-order valence-electron chi connectivity index (χ4n) is 2.57. The first-order valence-electron chi connectivity index (χ1n) is 7.27. The number of rotatable bonds is 5. The molecule has 1 aromatic carbocycles. The summed E-state index contributed by atoms with van der Waals surface area (Å²) >= 11 is 0. The highest BCUT2D eigenvalue weighted by Crippen LogP contribution is 2.13. The zero-order chi connectivity index (χ0) is 17.3. The van der Waals surface area contributed by atoms with Crippen molar-refractivity contribution >= 4 is 11.2 Å². The first-order valence-corrected chi connectivity index (χ1v) is 7.27. The van der Waals surface area contributed by atoms with Gasteiger partial charge in [0.25, 0.3) is 5.56 Å². The van der Waals surface area contributed by atoms with Crippen LogP contribution in [0.2, 0.25) is 0 Å². The predicted molar refractivity (Wildman–Crippen MR) is 89.9 cm³/mol. The Morgan fingerprint density at radius 2 is 1.75 bits per heavy atom. The maximum atomic E-state index is 13.2. The van der Waals surface area contributed by atoms with Crippen molar-refractivity contribution in [3.05, 3.63) is 82.6 Å². The van der Waals surface area contributed by atoms with E-state index < -0.39 is 17.1 Å². The van der Waals surface area contributed by atoms with Gasteiger partial charge < -0.3 is 4.57 Å². The maximum Gasteiger partial charge on any atom is 0.337 e. The summed E-state index contributed by atoms with van der Waals surface area (Å²) < 4.78 is 17.2. The van der Waals surface area contributed by atoms with Crippen LogP contribution in [0.15, 0.2) is 65.5 Å². The zero-order valence-corrected chi connectivity index (χ0v) is 12.9. The van der Waals surface area contributed by atoms with Crippen molar-refractivity contribution in [3.8, 4) is 5.69 Å². The molecule has 2 heterocycles. The molecule has 0 amide bonds. The molecule has 0 saturated carbocycles. The molecule has 0 atom stereocenters. The highest BCUT2D eigenvalue weighted by Gasteiger charge is 2.18. The Bertz CT molecular complexity index is 1040. The van der Waals surface area contributed by atoms with Crippen LogP contribution < -0.4 is 11.2 Å². The van der Waals surface area contributed by atoms with Crippen molar-refractivity contribution in [3.63, 3.8) is 0 Å². The van der Waals surface area contributed by atoms with Crippen molar-refractivity contribution < 1.29 is 4.39 Å². The summed E-state index contributed by atoms with van der Waals surface area (Å²) in [4.78, 5) is 29.6. The average Bonchev–Trinajstić information content (AvgIpc) is 2.97. The van der Waals surface area contributed by atoms with Crippen molar-refractivity contribution in [2.24, 2.45) is 0 Å². The number of benzene rings is 1. The highest BCUT2D eigenvalue weighted by atomic mass is 19.1. The van der Waals surface area contributed by atoms with E-state index in [1.807, 2.05) is 0 Å². The van der Waals surface area contributed by atoms with Crippen LogP contribution in [0.25, 0.3) is 16.9 Å². The molecule has 0 aliphatic rings. The molecule has 122 valence electrons. The van der Waals surface area contributed by atoms with Crippen LogP contribution >= 0.6 is 0 Å². The van der Waals surface area contributed by atoms with Gasteiger partial charge in [0.15, 0.2) is 11.2 Å². The van der Waals surface area contributed by atoms with Crippen LogP contribution in [0.1, 0.15) is 0 Å². The molecule has 0 saturated heterocycles. The zero-order valence-electron chi connectivity index (χ0n) is 12.9. The lowest BCUT2D eigenvalue weighted by atomic mass is 10.3. The van der Waals surface area contributed by atoms with Gasteiger partial charge >= 0.3 is 5.69 Å². The van der Waals surface area contributed by atoms with Crippen LogP contribution in [-0.2, 0) is 13.1 Å². The molecule has 0 N–H and O–H groups in total. The number of fused-ring (bicyclic) bond motifs is 1. The molecular weight excluding hydrogens is 311 g/mol. The fraction of sp³-hybridized carbons (Fsp3) is 0.118. The monoisotopic (exact) mass is 326 g/mol. The largest absolute Gasteiger partial charge is 0.337 e. The molecular formula is C17H15FN4O2. The van der Waals surface area contributed by atoms with E-state index in [2.05, 4.69) is 18.1 Å². The SMILES string of the molecule is C=CCn1c(=O)c2c(ncn2CC=C)n(-c2ccc(F)cc2)c1=O. The molecule has 0 bridgehead atoms. The molecule has 0 spiro atoms. The normalized spacial score (nSPS) is 10.9. The topological polar surface area (TPSA) is 61.8 Å². The molecule has 3 aromatic rings. The van der Waals surface area contributed by atoms with Crippen molar-refractivity contribution in [2.45, 2.75) is 13.1 Å². The van der Waals surface area contributed by atoms with Crippen LogP contribution in [0.3, 0.4) is 0 Å². The van der Waals surface area contributed by atoms with E-state index in [4.69, 9.17) is 0 Å². The molecule has 0 aliphatic heterocycles. The lowest BCUT2D eigenvalue weighted by Crippen LogP contribution is -2.39. The Morgan fingerprint density at radius 1 is 1.08 bits per heavy atom. The predicted octanol–water partition coefficient (Wildman–Crippen LogP) is 1.86. The Morgan fingerprint density at radius 3 is 2.38 bits per heavy atom. The van der Waals surface area contributed by atoms with Gasteiger partial charge in [-0.1, -0.05) is 12.2 Å². The third-order valence-electron chi connectivity index (χ3n) is 3.62. The van der Waals surface area contributed by atoms with Gasteiger partial charge in [-0.05, 0) is 24.3 Å². The average molecular weight is 326 g/mol. The summed E-state index contributed by atoms with van der Waals surface area (Å²) in [6, 6.07) is 5.42. The molecule has 0 radical (unpaired) electrons. The number of hydrogen-bond donors (Lipinski definition) is 0. The molecule has 0 fully saturated rings. The second-order valence-electron chi connectivity index (χ2n) is 5.16. The number of nitrogens with zero attached hydrogens (tertiary/aromatic N) is 4. The Kier molecular flexibility index (Phi) is 3.99. The van der Waals surface area contributed by atoms with E-state index in [1.165, 1.54) is 41.2 Å². The fourth-order valence-corrected chi connectivity index (χ4v) is 2.57. The smallest absolute Gasteiger partial charge is 0.321 e. The van der Waals surface area contributed by atoms with Crippen molar-refractivity contribution in [1.82, 2.24) is 18.7 Å². The molecule has 7 heteroatoms. The Hall–Kier alpha value is -3.22. The van der Waals surface area contributed by atoms with E-state index in [0.29, 0.717) is 12.2 Å². The first kappa shape index (κ1) is 15.7. The number of halogens is 1. The van der Waals surface area contributed by atoms with Crippen molar-refractivity contribution in [1.29, 1.82) is 0 Å². The van der Waals surface area contributed by atoms with Gasteiger partial charge in [0, 0.05) is 13.1 Å². The molecule has 3 rings (SSSR count). The van der Waals surface area contributed by atoms with Gasteiger partial charge in [-0.15, -0.1) is 13.2 Å². The van der Waals surface area contributed by atoms with Gasteiger partial charge in [0.1, 0.15) is 5.82 Å². The summed E-state index contributed by atoms with van der Waals surface area (Å²) in [5.74, 6) is -0.417. The summed E-state index contributed by atoms with van der Waals surface area (Å²) in [7, 11) is 0. The number of aromatic nitrogens is 4. The van der Waals surface area contributed by atoms with Gasteiger partial charge in [-0.25, -0.2) is 18.7 Å². The third-order valence-corrected chi connectivity index (χ3v) is 3.62. The van der Waals surface area contributed by atoms with Gasteiger partial charge in [0.2, 0.25) is 0 Å². The van der Waals surface area contributed by atoms with Crippen molar-refractivity contribution in [2.75, 3.05) is 0 Å². The minimum Gasteiger partial charge on any atom is -0.321 e. The summed E-state index contributed by atoms with van der Waals surface area (Å²) in [6.07, 6.45) is 4.58. The van der Waals surface area contributed by atoms with Gasteiger partial charge in [0.05, 0.1) is 12.0 Å². The van der Waals surface area contributed by atoms with Gasteiger partial charge in [-0.3, -0.25) is 9.36 Å². The number of imidazole rings is 1. The highest BCUT2D eigenvalue weighted by molar-refractivity contribution is 5.72. The third kappa shape index (κ3) is 2.40. The van der Waals surface area contributed by atoms with E-state index >= 15 is 0 Å². The van der Waals surface area contributed by atoms with Crippen LogP contribution in [0.4, 0.5) is 4.39 Å². The van der Waals surface area contributed by atoms with Crippen LogP contribution in [-0.4, -0.2) is 18.7 Å². The molecule has 0 unspecified atom stereocenters. The Balaban J connectivity index is 2.45. The quantitative estimate of drug-likeness (QED) is 0.672. The van der Waals surface area contributed by atoms with E-state index in [-0.39, 0.29) is 17.7 Å². The first-order chi connectivity index (χ1) is 11.6. The molecule has 0 aliphatic carbocycles. The molecule has 6 nitrogen and oxygen atoms in total. The second kappa shape index (κ2) is 6.11. The van der Waals surface area contributed by atoms with E-state index in [0.717, 1.165) is 4.57 Å². The molecule has 24 heavy (non-hydrogen) atoms. The summed E-state index contributed by atoms with van der Waals surface area (Å²) in [5, 5.41) is 0. The standard InChI is InChI=1S/C17H15FN4O2/c1-3-9-20-11-19-15-14(20)16(23)21(10-4-2)17(24)22(15)13-7-5-12(18)6-8-13/h3-8,11H,1-2,9-10H2. The van der Waals surface area contributed by atoms with E-state index in [9.17, 15) is 14.0 Å². The van der Waals surface area contributed by atoms with Gasteiger partial charge in [-0.2, -0.15) is 0 Å². The lowest BCUT2D eigenvalue weighted by molar-refractivity contribution is 0.626. The summed E-state index contributed by atoms with van der Waals surface area (Å²) in [6.45, 7) is 7.68. The maximum absolute atomic E-state index is 13.2. The van der Waals surface area contributed by atoms with Crippen LogP contribution in [0, 0.1) is 5.82 Å². The molecule has 2 aromatic heterocycles.